The molecule has 0 radical (unpaired) electrons. The van der Waals surface area contributed by atoms with Crippen LogP contribution in [-0.2, 0) is 5.75 Å². The summed E-state index contributed by atoms with van der Waals surface area (Å²) in [6.07, 6.45) is 0.411. The molecule has 0 bridgehead atoms. The van der Waals surface area contributed by atoms with Crippen LogP contribution in [0.2, 0.25) is 5.02 Å². The Kier molecular flexibility index (Phi) is 4.56. The van der Waals surface area contributed by atoms with Gasteiger partial charge in [-0.2, -0.15) is 0 Å². The highest BCUT2D eigenvalue weighted by atomic mass is 35.5. The number of thioether (sulfide) groups is 1. The van der Waals surface area contributed by atoms with Crippen LogP contribution in [0.4, 0.5) is 8.78 Å². The predicted octanol–water partition coefficient (Wildman–Crippen LogP) is 4.72. The Bertz CT molecular complexity index is 593. The van der Waals surface area contributed by atoms with Gasteiger partial charge in [0.05, 0.1) is 4.90 Å². The van der Waals surface area contributed by atoms with Crippen molar-refractivity contribution in [3.05, 3.63) is 64.2 Å². The number of hydrogen-bond acceptors (Lipinski definition) is 2. The summed E-state index contributed by atoms with van der Waals surface area (Å²) in [5.74, 6) is -1.12. The van der Waals surface area contributed by atoms with E-state index in [1.165, 1.54) is 0 Å². The van der Waals surface area contributed by atoms with Gasteiger partial charge >= 0.3 is 0 Å². The maximum absolute atomic E-state index is 13.6. The number of rotatable bonds is 4. The van der Waals surface area contributed by atoms with Gasteiger partial charge in [0.25, 0.3) is 0 Å². The SMILES string of the molecule is O=Cc1cc(F)c(SCc2ccccc2Cl)c(F)c1. The summed E-state index contributed by atoms with van der Waals surface area (Å²) >= 11 is 6.98. The van der Waals surface area contributed by atoms with Crippen molar-refractivity contribution in [2.24, 2.45) is 0 Å². The lowest BCUT2D eigenvalue weighted by atomic mass is 10.2. The van der Waals surface area contributed by atoms with Crippen molar-refractivity contribution in [1.82, 2.24) is 0 Å². The molecule has 0 amide bonds. The number of benzene rings is 2. The lowest BCUT2D eigenvalue weighted by Crippen LogP contribution is -1.93. The molecule has 0 saturated carbocycles. The zero-order valence-corrected chi connectivity index (χ0v) is 11.3. The first-order valence-corrected chi connectivity index (χ1v) is 6.78. The maximum atomic E-state index is 13.6. The third kappa shape index (κ3) is 3.33. The van der Waals surface area contributed by atoms with Crippen molar-refractivity contribution in [3.63, 3.8) is 0 Å². The molecule has 0 aliphatic rings. The van der Waals surface area contributed by atoms with E-state index in [9.17, 15) is 13.6 Å². The van der Waals surface area contributed by atoms with Crippen molar-refractivity contribution in [1.29, 1.82) is 0 Å². The van der Waals surface area contributed by atoms with E-state index in [4.69, 9.17) is 11.6 Å². The van der Waals surface area contributed by atoms with Crippen LogP contribution in [0.1, 0.15) is 15.9 Å². The van der Waals surface area contributed by atoms with E-state index in [0.717, 1.165) is 29.5 Å². The second-order valence-electron chi connectivity index (χ2n) is 3.81. The zero-order chi connectivity index (χ0) is 13.8. The largest absolute Gasteiger partial charge is 0.298 e. The summed E-state index contributed by atoms with van der Waals surface area (Å²) in [5, 5.41) is 0.556. The standard InChI is InChI=1S/C14H9ClF2OS/c15-11-4-2-1-3-10(11)8-19-14-12(16)5-9(7-18)6-13(14)17/h1-7H,8H2. The van der Waals surface area contributed by atoms with E-state index in [1.807, 2.05) is 6.07 Å². The molecule has 0 fully saturated rings. The molecule has 1 nitrogen and oxygen atoms in total. The molecule has 0 aliphatic heterocycles. The van der Waals surface area contributed by atoms with Gasteiger partial charge in [0, 0.05) is 16.3 Å². The molecular formula is C14H9ClF2OS. The third-order valence-corrected chi connectivity index (χ3v) is 3.99. The van der Waals surface area contributed by atoms with Crippen molar-refractivity contribution in [2.75, 3.05) is 0 Å². The van der Waals surface area contributed by atoms with Gasteiger partial charge in [0.15, 0.2) is 0 Å². The number of aldehydes is 1. The number of carbonyl (C=O) groups excluding carboxylic acids is 1. The van der Waals surface area contributed by atoms with E-state index in [0.29, 0.717) is 17.1 Å². The fourth-order valence-electron chi connectivity index (χ4n) is 1.55. The summed E-state index contributed by atoms with van der Waals surface area (Å²) in [6.45, 7) is 0. The Balaban J connectivity index is 2.21. The van der Waals surface area contributed by atoms with Crippen LogP contribution in [0.25, 0.3) is 0 Å². The van der Waals surface area contributed by atoms with Crippen molar-refractivity contribution >= 4 is 29.6 Å². The average molecular weight is 299 g/mol. The lowest BCUT2D eigenvalue weighted by Gasteiger charge is -2.07. The van der Waals surface area contributed by atoms with Gasteiger partial charge in [0.2, 0.25) is 0 Å². The van der Waals surface area contributed by atoms with Gasteiger partial charge in [-0.15, -0.1) is 11.8 Å². The number of halogens is 3. The van der Waals surface area contributed by atoms with Crippen LogP contribution < -0.4 is 0 Å². The first-order valence-electron chi connectivity index (χ1n) is 5.42. The Morgan fingerprint density at radius 1 is 1.16 bits per heavy atom. The van der Waals surface area contributed by atoms with E-state index >= 15 is 0 Å². The van der Waals surface area contributed by atoms with Gasteiger partial charge in [-0.05, 0) is 23.8 Å². The minimum atomic E-state index is -0.737. The zero-order valence-electron chi connectivity index (χ0n) is 9.70. The fraction of sp³-hybridized carbons (Fsp3) is 0.0714. The topological polar surface area (TPSA) is 17.1 Å². The maximum Gasteiger partial charge on any atom is 0.150 e. The van der Waals surface area contributed by atoms with Crippen LogP contribution >= 0.6 is 23.4 Å². The first kappa shape index (κ1) is 14.0. The van der Waals surface area contributed by atoms with Crippen molar-refractivity contribution < 1.29 is 13.6 Å². The summed E-state index contributed by atoms with van der Waals surface area (Å²) in [5.41, 5.74) is 0.782. The summed E-state index contributed by atoms with van der Waals surface area (Å²) in [6, 6.07) is 9.15. The lowest BCUT2D eigenvalue weighted by molar-refractivity contribution is 0.112. The quantitative estimate of drug-likeness (QED) is 0.600. The summed E-state index contributed by atoms with van der Waals surface area (Å²) in [4.78, 5) is 10.4. The number of hydrogen-bond donors (Lipinski definition) is 0. The molecule has 0 unspecified atom stereocenters. The molecule has 5 heteroatoms. The van der Waals surface area contributed by atoms with E-state index in [2.05, 4.69) is 0 Å². The molecule has 19 heavy (non-hydrogen) atoms. The Morgan fingerprint density at radius 3 is 2.37 bits per heavy atom. The molecule has 2 aromatic carbocycles. The Morgan fingerprint density at radius 2 is 1.79 bits per heavy atom. The molecule has 0 atom stereocenters. The highest BCUT2D eigenvalue weighted by Crippen LogP contribution is 2.30. The van der Waals surface area contributed by atoms with Crippen LogP contribution in [0.15, 0.2) is 41.3 Å². The molecule has 0 heterocycles. The van der Waals surface area contributed by atoms with Gasteiger partial charge in [-0.25, -0.2) is 8.78 Å². The minimum absolute atomic E-state index is 0.0166. The van der Waals surface area contributed by atoms with E-state index in [1.54, 1.807) is 18.2 Å². The van der Waals surface area contributed by atoms with Crippen LogP contribution in [0, 0.1) is 11.6 Å². The second-order valence-corrected chi connectivity index (χ2v) is 5.20. The minimum Gasteiger partial charge on any atom is -0.298 e. The summed E-state index contributed by atoms with van der Waals surface area (Å²) < 4.78 is 27.3. The van der Waals surface area contributed by atoms with Crippen LogP contribution in [0.5, 0.6) is 0 Å². The Labute approximate surface area is 118 Å². The van der Waals surface area contributed by atoms with E-state index in [-0.39, 0.29) is 10.5 Å². The molecule has 0 saturated heterocycles. The van der Waals surface area contributed by atoms with E-state index < -0.39 is 11.6 Å². The molecule has 0 aliphatic carbocycles. The highest BCUT2D eigenvalue weighted by Gasteiger charge is 2.12. The smallest absolute Gasteiger partial charge is 0.150 e. The summed E-state index contributed by atoms with van der Waals surface area (Å²) in [7, 11) is 0. The second kappa shape index (κ2) is 6.17. The monoisotopic (exact) mass is 298 g/mol. The predicted molar refractivity (Wildman–Crippen MR) is 72.8 cm³/mol. The highest BCUT2D eigenvalue weighted by molar-refractivity contribution is 7.98. The molecule has 2 rings (SSSR count). The molecule has 0 aromatic heterocycles. The van der Waals surface area contributed by atoms with Gasteiger partial charge < -0.3 is 0 Å². The van der Waals surface area contributed by atoms with Crippen molar-refractivity contribution in [3.8, 4) is 0 Å². The van der Waals surface area contributed by atoms with Crippen LogP contribution in [-0.4, -0.2) is 6.29 Å². The van der Waals surface area contributed by atoms with Crippen LogP contribution in [0.3, 0.4) is 0 Å². The van der Waals surface area contributed by atoms with Gasteiger partial charge in [0.1, 0.15) is 17.9 Å². The first-order chi connectivity index (χ1) is 9.11. The normalized spacial score (nSPS) is 10.5. The molecule has 2 aromatic rings. The average Bonchev–Trinajstić information content (AvgIpc) is 2.39. The van der Waals surface area contributed by atoms with Gasteiger partial charge in [-0.1, -0.05) is 29.8 Å². The third-order valence-electron chi connectivity index (χ3n) is 2.49. The molecular weight excluding hydrogens is 290 g/mol. The fourth-order valence-corrected chi connectivity index (χ4v) is 2.78. The van der Waals surface area contributed by atoms with Crippen molar-refractivity contribution in [2.45, 2.75) is 10.6 Å². The number of carbonyl (C=O) groups is 1. The Hall–Kier alpha value is -1.39. The molecule has 0 N–H and O–H groups in total. The molecule has 0 spiro atoms. The van der Waals surface area contributed by atoms with Gasteiger partial charge in [-0.3, -0.25) is 4.79 Å². The molecule has 98 valence electrons.